The molecule has 0 atom stereocenters. The Kier molecular flexibility index (Phi) is 15.7. The number of hydrogen-bond donors (Lipinski definition) is 0. The predicted molar refractivity (Wildman–Crippen MR) is 326 cm³/mol. The monoisotopic (exact) mass is 1270 g/mol. The van der Waals surface area contributed by atoms with Gasteiger partial charge in [-0.05, 0) is 76.6 Å². The van der Waals surface area contributed by atoms with Crippen LogP contribution in [0, 0.1) is 12.1 Å². The summed E-state index contributed by atoms with van der Waals surface area (Å²) >= 11 is -2.01. The van der Waals surface area contributed by atoms with Gasteiger partial charge in [-0.3, -0.25) is 4.98 Å². The van der Waals surface area contributed by atoms with Crippen molar-refractivity contribution in [3.05, 3.63) is 174 Å². The van der Waals surface area contributed by atoms with E-state index in [1.54, 1.807) is 0 Å². The van der Waals surface area contributed by atoms with Crippen LogP contribution in [0.4, 0.5) is 0 Å². The van der Waals surface area contributed by atoms with E-state index in [1.165, 1.54) is 76.4 Å². The average Bonchev–Trinajstić information content (AvgIpc) is 4.26. The van der Waals surface area contributed by atoms with Gasteiger partial charge in [0, 0.05) is 31.2 Å². The van der Waals surface area contributed by atoms with E-state index < -0.39 is 13.3 Å². The molecule has 5 heterocycles. The first-order valence-corrected chi connectivity index (χ1v) is 35.6. The van der Waals surface area contributed by atoms with Crippen LogP contribution in [-0.2, 0) is 25.5 Å². The number of imidazole rings is 1. The zero-order valence-corrected chi connectivity index (χ0v) is 52.2. The Bertz CT molecular complexity index is 3920. The topological polar surface area (TPSA) is 69.9 Å². The predicted octanol–water partition coefficient (Wildman–Crippen LogP) is 19.6. The summed E-state index contributed by atoms with van der Waals surface area (Å²) in [5.74, 6) is 9.95. The second-order valence-corrected chi connectivity index (χ2v) is 35.2. The molecule has 0 spiro atoms. The van der Waals surface area contributed by atoms with E-state index in [9.17, 15) is 0 Å². The standard InChI is InChI=1S/C44H43N2O.C26H31GeN2O.Ir/c1-28(2)37-25-33(31-17-8-5-6-9-18-31)26-38(29(3)4)42(37)46-40-22-13-12-21-39(40)45-44(46)36-20-14-19-35-34-24-23-32(27-41(34)47-43(35)36)30-15-10-7-11-16-30;1-16(2)20-14-22(28-15-21(20)27(6,7)8)19-11-9-10-17-18-12-13-23(26(3,4)5)29-25(18)30-24(17)19;/h7,10-16,19,21-29,31H,5-6,8-9,17-18H2,1-4H3;9-10,12-16H,1-8H3;/q2*-1;. The minimum atomic E-state index is -2.01. The molecule has 0 saturated heterocycles. The number of para-hydroxylation sites is 2. The molecule has 11 aromatic rings. The first kappa shape index (κ1) is 55.2. The number of pyridine rings is 2. The molecule has 0 unspecified atom stereocenters. The summed E-state index contributed by atoms with van der Waals surface area (Å²) in [7, 11) is 0. The molecule has 5 aromatic heterocycles. The molecule has 12 rings (SSSR count). The molecule has 0 N–H and O–H groups in total. The van der Waals surface area contributed by atoms with Gasteiger partial charge >= 0.3 is 182 Å². The van der Waals surface area contributed by atoms with Gasteiger partial charge in [-0.25, -0.2) is 0 Å². The maximum absolute atomic E-state index is 6.77. The molecule has 8 heteroatoms. The summed E-state index contributed by atoms with van der Waals surface area (Å²) in [5, 5.41) is 4.30. The van der Waals surface area contributed by atoms with Gasteiger partial charge in [0.15, 0.2) is 0 Å². The maximum atomic E-state index is 6.77. The Morgan fingerprint density at radius 1 is 0.603 bits per heavy atom. The zero-order valence-electron chi connectivity index (χ0n) is 47.7. The smallest absolute Gasteiger partial charge is 0.121 e. The SMILES string of the molecule is CC(C)c1cc(-c2[c-]ccc3c2oc2nc(C(C)(C)C)ccc23)nc[c]1[Ge]([CH3])([CH3])[CH3].CC(C)c1cc(C2CCCCCC2)cc(C(C)C)c1-n1c(-c2[c-]ccc3c2oc2cc(-c4ccccc4)ccc23)nc2ccccc21.[Ir]. The van der Waals surface area contributed by atoms with E-state index in [0.29, 0.717) is 29.4 Å². The van der Waals surface area contributed by atoms with E-state index in [0.717, 1.165) is 83.2 Å². The summed E-state index contributed by atoms with van der Waals surface area (Å²) < 4.78 is 17.0. The summed E-state index contributed by atoms with van der Waals surface area (Å²) in [6.07, 6.45) is 10.1. The molecule has 78 heavy (non-hydrogen) atoms. The third-order valence-corrected chi connectivity index (χ3v) is 20.3. The fourth-order valence-electron chi connectivity index (χ4n) is 11.8. The Balaban J connectivity index is 0.000000192. The fraction of sp³-hybridized carbons (Fsp3) is 0.329. The molecule has 0 bridgehead atoms. The van der Waals surface area contributed by atoms with Crippen LogP contribution >= 0.6 is 0 Å². The van der Waals surface area contributed by atoms with Gasteiger partial charge in [-0.2, -0.15) is 0 Å². The second-order valence-electron chi connectivity index (χ2n) is 24.6. The largest absolute Gasteiger partial charge is 0.501 e. The molecule has 1 radical (unpaired) electrons. The quantitative estimate of drug-likeness (QED) is 0.0818. The van der Waals surface area contributed by atoms with Crippen LogP contribution in [0.2, 0.25) is 17.3 Å². The van der Waals surface area contributed by atoms with E-state index in [4.69, 9.17) is 23.8 Å². The van der Waals surface area contributed by atoms with Gasteiger partial charge < -0.3 is 8.98 Å². The maximum Gasteiger partial charge on any atom is 0.121 e. The second kappa shape index (κ2) is 22.2. The number of nitrogens with zero attached hydrogens (tertiary/aromatic N) is 4. The number of rotatable bonds is 9. The summed E-state index contributed by atoms with van der Waals surface area (Å²) in [4.78, 5) is 15.0. The molecular formula is C70H74GeIrN4O2-2. The van der Waals surface area contributed by atoms with Crippen molar-refractivity contribution in [2.45, 2.75) is 147 Å². The molecule has 1 fully saturated rings. The Morgan fingerprint density at radius 2 is 1.22 bits per heavy atom. The van der Waals surface area contributed by atoms with Gasteiger partial charge in [0.1, 0.15) is 5.58 Å². The van der Waals surface area contributed by atoms with Crippen molar-refractivity contribution in [3.63, 3.8) is 0 Å². The number of aromatic nitrogens is 4. The number of benzene rings is 6. The van der Waals surface area contributed by atoms with Crippen molar-refractivity contribution < 1.29 is 28.9 Å². The molecular weight excluding hydrogens is 1190 g/mol. The van der Waals surface area contributed by atoms with Crippen molar-refractivity contribution >= 4 is 72.7 Å². The van der Waals surface area contributed by atoms with E-state index >= 15 is 0 Å². The van der Waals surface area contributed by atoms with E-state index in [2.05, 4.69) is 218 Å². The van der Waals surface area contributed by atoms with Gasteiger partial charge in [0.25, 0.3) is 0 Å². The van der Waals surface area contributed by atoms with Gasteiger partial charge in [-0.15, -0.1) is 18.2 Å². The number of hydrogen-bond acceptors (Lipinski definition) is 5. The number of furan rings is 2. The Hall–Kier alpha value is -6.12. The van der Waals surface area contributed by atoms with Crippen molar-refractivity contribution in [1.82, 2.24) is 19.5 Å². The van der Waals surface area contributed by atoms with Crippen LogP contribution in [-0.4, -0.2) is 32.8 Å². The van der Waals surface area contributed by atoms with Crippen LogP contribution in [0.1, 0.15) is 152 Å². The van der Waals surface area contributed by atoms with Gasteiger partial charge in [0.2, 0.25) is 0 Å². The molecule has 1 aliphatic rings. The third-order valence-electron chi connectivity index (χ3n) is 16.0. The molecule has 1 aliphatic carbocycles. The fourth-order valence-corrected chi connectivity index (χ4v) is 15.3. The van der Waals surface area contributed by atoms with Crippen LogP contribution < -0.4 is 4.40 Å². The van der Waals surface area contributed by atoms with Crippen molar-refractivity contribution in [3.8, 4) is 39.5 Å². The molecule has 0 amide bonds. The van der Waals surface area contributed by atoms with Crippen LogP contribution in [0.5, 0.6) is 0 Å². The zero-order chi connectivity index (χ0) is 53.9. The van der Waals surface area contributed by atoms with Crippen LogP contribution in [0.25, 0.3) is 94.5 Å². The molecule has 0 aliphatic heterocycles. The third kappa shape index (κ3) is 10.6. The Morgan fingerprint density at radius 3 is 1.87 bits per heavy atom. The van der Waals surface area contributed by atoms with Crippen molar-refractivity contribution in [2.75, 3.05) is 0 Å². The summed E-state index contributed by atoms with van der Waals surface area (Å²) in [6, 6.07) is 52.3. The van der Waals surface area contributed by atoms with Crippen molar-refractivity contribution in [2.24, 2.45) is 0 Å². The average molecular weight is 1270 g/mol. The minimum absolute atomic E-state index is 0. The molecule has 1 saturated carbocycles. The van der Waals surface area contributed by atoms with Crippen molar-refractivity contribution in [1.29, 1.82) is 0 Å². The van der Waals surface area contributed by atoms with Gasteiger partial charge in [-0.1, -0.05) is 131 Å². The van der Waals surface area contributed by atoms with Crippen LogP contribution in [0.3, 0.4) is 0 Å². The summed E-state index contributed by atoms with van der Waals surface area (Å²) in [6.45, 7) is 20.4. The number of fused-ring (bicyclic) bond motifs is 7. The normalized spacial score (nSPS) is 13.8. The molecule has 6 nitrogen and oxygen atoms in total. The van der Waals surface area contributed by atoms with E-state index in [1.807, 2.05) is 12.1 Å². The van der Waals surface area contributed by atoms with Crippen LogP contribution in [0.15, 0.2) is 142 Å². The summed E-state index contributed by atoms with van der Waals surface area (Å²) in [5.41, 5.74) is 18.3. The van der Waals surface area contributed by atoms with E-state index in [-0.39, 0.29) is 25.5 Å². The first-order chi connectivity index (χ1) is 36.9. The van der Waals surface area contributed by atoms with Gasteiger partial charge in [0.05, 0.1) is 22.4 Å². The molecule has 6 aromatic carbocycles. The first-order valence-electron chi connectivity index (χ1n) is 28.3. The Labute approximate surface area is 478 Å². The minimum Gasteiger partial charge on any atom is -0.501 e. The molecule has 401 valence electrons.